The highest BCUT2D eigenvalue weighted by molar-refractivity contribution is 7.98. The monoisotopic (exact) mass is 417 g/mol. The molecule has 4 aromatic rings. The highest BCUT2D eigenvalue weighted by Crippen LogP contribution is 2.27. The SMILES string of the molecule is O=C(c1ccccc1SCc1cn2ccccc2n1)N(CCO)Cc1ccccc1. The van der Waals surface area contributed by atoms with Gasteiger partial charge in [0.15, 0.2) is 0 Å². The number of aliphatic hydroxyl groups is 1. The Morgan fingerprint density at radius 3 is 2.57 bits per heavy atom. The summed E-state index contributed by atoms with van der Waals surface area (Å²) >= 11 is 1.60. The maximum absolute atomic E-state index is 13.3. The lowest BCUT2D eigenvalue weighted by molar-refractivity contribution is 0.0704. The Kier molecular flexibility index (Phi) is 6.47. The van der Waals surface area contributed by atoms with Gasteiger partial charge in [-0.2, -0.15) is 0 Å². The van der Waals surface area contributed by atoms with Crippen molar-refractivity contribution in [1.29, 1.82) is 0 Å². The molecule has 2 aromatic carbocycles. The number of thioether (sulfide) groups is 1. The molecular formula is C24H23N3O2S. The van der Waals surface area contributed by atoms with E-state index in [1.54, 1.807) is 16.7 Å². The average molecular weight is 418 g/mol. The number of nitrogens with zero attached hydrogens (tertiary/aromatic N) is 3. The first-order valence-corrected chi connectivity index (χ1v) is 10.8. The fraction of sp³-hybridized carbons (Fsp3) is 0.167. The summed E-state index contributed by atoms with van der Waals surface area (Å²) in [4.78, 5) is 20.5. The summed E-state index contributed by atoms with van der Waals surface area (Å²) in [5.41, 5.74) is 3.56. The number of hydrogen-bond acceptors (Lipinski definition) is 4. The Labute approximate surface area is 180 Å². The number of amides is 1. The molecule has 0 aliphatic heterocycles. The lowest BCUT2D eigenvalue weighted by atomic mass is 10.1. The maximum Gasteiger partial charge on any atom is 0.255 e. The zero-order valence-corrected chi connectivity index (χ0v) is 17.3. The van der Waals surface area contributed by atoms with Gasteiger partial charge in [0.1, 0.15) is 5.65 Å². The number of aliphatic hydroxyl groups excluding tert-OH is 1. The van der Waals surface area contributed by atoms with Gasteiger partial charge < -0.3 is 14.4 Å². The first kappa shape index (κ1) is 20.2. The molecule has 2 heterocycles. The predicted octanol–water partition coefficient (Wildman–Crippen LogP) is 4.26. The van der Waals surface area contributed by atoms with Crippen LogP contribution in [0, 0.1) is 0 Å². The highest BCUT2D eigenvalue weighted by Gasteiger charge is 2.19. The minimum absolute atomic E-state index is 0.0743. The minimum atomic E-state index is -0.0778. The van der Waals surface area contributed by atoms with Crippen LogP contribution < -0.4 is 0 Å². The lowest BCUT2D eigenvalue weighted by Crippen LogP contribution is -2.33. The molecular weight excluding hydrogens is 394 g/mol. The third-order valence-corrected chi connectivity index (χ3v) is 5.89. The summed E-state index contributed by atoms with van der Waals surface area (Å²) in [7, 11) is 0. The summed E-state index contributed by atoms with van der Waals surface area (Å²) in [6.07, 6.45) is 3.99. The number of hydrogen-bond donors (Lipinski definition) is 1. The summed E-state index contributed by atoms with van der Waals surface area (Å²) in [6, 6.07) is 23.4. The van der Waals surface area contributed by atoms with Crippen molar-refractivity contribution in [3.63, 3.8) is 0 Å². The van der Waals surface area contributed by atoms with E-state index in [0.717, 1.165) is 21.8 Å². The van der Waals surface area contributed by atoms with Crippen LogP contribution in [0.25, 0.3) is 5.65 Å². The average Bonchev–Trinajstić information content (AvgIpc) is 3.21. The van der Waals surface area contributed by atoms with Gasteiger partial charge in [-0.3, -0.25) is 4.79 Å². The standard InChI is InChI=1S/C24H23N3O2S/c28-15-14-27(16-19-8-2-1-3-9-19)24(29)21-10-4-5-11-22(21)30-18-20-17-26-13-7-6-12-23(26)25-20/h1-13,17,28H,14-16,18H2. The summed E-state index contributed by atoms with van der Waals surface area (Å²) in [6.45, 7) is 0.681. The molecule has 1 N–H and O–H groups in total. The topological polar surface area (TPSA) is 57.8 Å². The Morgan fingerprint density at radius 2 is 1.77 bits per heavy atom. The van der Waals surface area contributed by atoms with Crippen LogP contribution in [-0.4, -0.2) is 38.4 Å². The van der Waals surface area contributed by atoms with Crippen LogP contribution in [0.2, 0.25) is 0 Å². The van der Waals surface area contributed by atoms with Crippen molar-refractivity contribution in [2.24, 2.45) is 0 Å². The van der Waals surface area contributed by atoms with Gasteiger partial charge in [0, 0.05) is 36.1 Å². The zero-order valence-electron chi connectivity index (χ0n) is 16.5. The van der Waals surface area contributed by atoms with E-state index < -0.39 is 0 Å². The number of imidazole rings is 1. The molecule has 0 saturated heterocycles. The van der Waals surface area contributed by atoms with Gasteiger partial charge in [0.2, 0.25) is 0 Å². The van der Waals surface area contributed by atoms with Crippen molar-refractivity contribution in [3.8, 4) is 0 Å². The molecule has 0 saturated carbocycles. The number of pyridine rings is 1. The molecule has 0 unspecified atom stereocenters. The Balaban J connectivity index is 1.52. The van der Waals surface area contributed by atoms with Crippen LogP contribution in [0.15, 0.2) is 90.1 Å². The smallest absolute Gasteiger partial charge is 0.255 e. The first-order chi connectivity index (χ1) is 14.7. The Morgan fingerprint density at radius 1 is 1.00 bits per heavy atom. The molecule has 1 amide bonds. The van der Waals surface area contributed by atoms with E-state index in [4.69, 9.17) is 0 Å². The predicted molar refractivity (Wildman–Crippen MR) is 119 cm³/mol. The number of carbonyl (C=O) groups excluding carboxylic acids is 1. The second-order valence-electron chi connectivity index (χ2n) is 6.92. The van der Waals surface area contributed by atoms with Crippen LogP contribution in [0.5, 0.6) is 0 Å². The van der Waals surface area contributed by atoms with Crippen LogP contribution in [0.4, 0.5) is 0 Å². The van der Waals surface area contributed by atoms with E-state index in [2.05, 4.69) is 4.98 Å². The van der Waals surface area contributed by atoms with Gasteiger partial charge in [0.05, 0.1) is 17.9 Å². The highest BCUT2D eigenvalue weighted by atomic mass is 32.2. The zero-order chi connectivity index (χ0) is 20.8. The second kappa shape index (κ2) is 9.61. The lowest BCUT2D eigenvalue weighted by Gasteiger charge is -2.23. The van der Waals surface area contributed by atoms with Crippen molar-refractivity contribution in [2.75, 3.05) is 13.2 Å². The fourth-order valence-electron chi connectivity index (χ4n) is 3.32. The molecule has 5 nitrogen and oxygen atoms in total. The normalized spacial score (nSPS) is 11.0. The quantitative estimate of drug-likeness (QED) is 0.435. The van der Waals surface area contributed by atoms with E-state index in [1.807, 2.05) is 89.6 Å². The van der Waals surface area contributed by atoms with Crippen LogP contribution in [0.3, 0.4) is 0 Å². The van der Waals surface area contributed by atoms with Crippen molar-refractivity contribution in [2.45, 2.75) is 17.2 Å². The molecule has 0 radical (unpaired) electrons. The second-order valence-corrected chi connectivity index (χ2v) is 7.94. The summed E-state index contributed by atoms with van der Waals surface area (Å²) in [5, 5.41) is 9.49. The Bertz CT molecular complexity index is 1090. The largest absolute Gasteiger partial charge is 0.395 e. The van der Waals surface area contributed by atoms with Gasteiger partial charge in [-0.25, -0.2) is 4.98 Å². The van der Waals surface area contributed by atoms with E-state index in [1.165, 1.54) is 0 Å². The molecule has 2 aromatic heterocycles. The van der Waals surface area contributed by atoms with Crippen LogP contribution in [-0.2, 0) is 12.3 Å². The van der Waals surface area contributed by atoms with Gasteiger partial charge in [-0.1, -0.05) is 48.5 Å². The fourth-order valence-corrected chi connectivity index (χ4v) is 4.25. The summed E-state index contributed by atoms with van der Waals surface area (Å²) in [5.74, 6) is 0.594. The van der Waals surface area contributed by atoms with Gasteiger partial charge >= 0.3 is 0 Å². The van der Waals surface area contributed by atoms with Crippen molar-refractivity contribution >= 4 is 23.3 Å². The number of aromatic nitrogens is 2. The molecule has 0 bridgehead atoms. The minimum Gasteiger partial charge on any atom is -0.395 e. The van der Waals surface area contributed by atoms with E-state index in [0.29, 0.717) is 24.4 Å². The third kappa shape index (κ3) is 4.72. The summed E-state index contributed by atoms with van der Waals surface area (Å²) < 4.78 is 2.00. The van der Waals surface area contributed by atoms with Crippen molar-refractivity contribution in [1.82, 2.24) is 14.3 Å². The van der Waals surface area contributed by atoms with E-state index >= 15 is 0 Å². The molecule has 0 aliphatic carbocycles. The van der Waals surface area contributed by atoms with Crippen molar-refractivity contribution in [3.05, 3.63) is 102 Å². The van der Waals surface area contributed by atoms with Gasteiger partial charge in [-0.15, -0.1) is 11.8 Å². The van der Waals surface area contributed by atoms with Crippen molar-refractivity contribution < 1.29 is 9.90 Å². The molecule has 0 aliphatic rings. The van der Waals surface area contributed by atoms with Gasteiger partial charge in [0.25, 0.3) is 5.91 Å². The molecule has 6 heteroatoms. The van der Waals surface area contributed by atoms with Crippen LogP contribution in [0.1, 0.15) is 21.6 Å². The van der Waals surface area contributed by atoms with Crippen LogP contribution >= 0.6 is 11.8 Å². The number of benzene rings is 2. The van der Waals surface area contributed by atoms with Gasteiger partial charge in [-0.05, 0) is 29.8 Å². The third-order valence-electron chi connectivity index (χ3n) is 4.78. The Hall–Kier alpha value is -3.09. The molecule has 0 atom stereocenters. The molecule has 0 spiro atoms. The van der Waals surface area contributed by atoms with E-state index in [-0.39, 0.29) is 12.5 Å². The van der Waals surface area contributed by atoms with E-state index in [9.17, 15) is 9.90 Å². The number of fused-ring (bicyclic) bond motifs is 1. The first-order valence-electron chi connectivity index (χ1n) is 9.83. The molecule has 0 fully saturated rings. The number of rotatable bonds is 8. The molecule has 152 valence electrons. The maximum atomic E-state index is 13.3. The number of carbonyl (C=O) groups is 1. The molecule has 4 rings (SSSR count). The molecule has 30 heavy (non-hydrogen) atoms.